The van der Waals surface area contributed by atoms with Gasteiger partial charge in [0.1, 0.15) is 5.82 Å². The van der Waals surface area contributed by atoms with Crippen molar-refractivity contribution >= 4 is 11.8 Å². The number of nitrogens with one attached hydrogen (secondary N) is 2. The number of pyridine rings is 1. The number of carbonyl (C=O) groups excluding carboxylic acids is 2. The minimum absolute atomic E-state index is 0.0659. The van der Waals surface area contributed by atoms with Crippen LogP contribution in [0.15, 0.2) is 30.5 Å². The molecule has 158 valence electrons. The molecule has 4 aliphatic rings. The fraction of sp³-hybridized carbons (Fsp3) is 0.542. The highest BCUT2D eigenvalue weighted by molar-refractivity contribution is 5.97. The molecule has 0 saturated heterocycles. The first kappa shape index (κ1) is 19.3. The zero-order chi connectivity index (χ0) is 20.9. The second-order valence-corrected chi connectivity index (χ2v) is 9.90. The van der Waals surface area contributed by atoms with Crippen molar-refractivity contribution in [3.8, 4) is 5.82 Å². The molecule has 4 bridgehead atoms. The first-order chi connectivity index (χ1) is 14.4. The van der Waals surface area contributed by atoms with Gasteiger partial charge in [0.15, 0.2) is 0 Å². The molecule has 6 heteroatoms. The lowest BCUT2D eigenvalue weighted by atomic mass is 9.49. The lowest BCUT2D eigenvalue weighted by Crippen LogP contribution is -2.50. The van der Waals surface area contributed by atoms with Crippen molar-refractivity contribution in [2.45, 2.75) is 58.8 Å². The van der Waals surface area contributed by atoms with Crippen LogP contribution in [0.5, 0.6) is 0 Å². The molecular formula is C24H30N4O2. The number of hydrogen-bond acceptors (Lipinski definition) is 3. The van der Waals surface area contributed by atoms with Crippen LogP contribution in [0.1, 0.15) is 66.7 Å². The molecule has 0 unspecified atom stereocenters. The molecule has 0 radical (unpaired) electrons. The topological polar surface area (TPSA) is 76.0 Å². The molecule has 4 saturated carbocycles. The van der Waals surface area contributed by atoms with Gasteiger partial charge in [0, 0.05) is 24.0 Å². The summed E-state index contributed by atoms with van der Waals surface area (Å²) in [7, 11) is 0. The summed E-state index contributed by atoms with van der Waals surface area (Å²) in [6.07, 6.45) is 9.92. The SMILES string of the molecule is Cc1cc(C(=O)NNC(=O)CC23CC4CC(CC(C4)C2)C3)c(C)n1-c1ccccn1. The summed E-state index contributed by atoms with van der Waals surface area (Å²) < 4.78 is 1.95. The Hall–Kier alpha value is -2.63. The van der Waals surface area contributed by atoms with Crippen LogP contribution in [0.3, 0.4) is 0 Å². The molecule has 2 amide bonds. The van der Waals surface area contributed by atoms with Gasteiger partial charge in [-0.15, -0.1) is 0 Å². The third kappa shape index (κ3) is 3.42. The number of rotatable bonds is 4. The van der Waals surface area contributed by atoms with Crippen molar-refractivity contribution in [2.75, 3.05) is 0 Å². The van der Waals surface area contributed by atoms with Crippen molar-refractivity contribution in [1.82, 2.24) is 20.4 Å². The van der Waals surface area contributed by atoms with Gasteiger partial charge in [-0.1, -0.05) is 6.07 Å². The first-order valence-corrected chi connectivity index (χ1v) is 11.1. The number of hydrazine groups is 1. The van der Waals surface area contributed by atoms with Crippen molar-refractivity contribution in [2.24, 2.45) is 23.2 Å². The molecule has 6 rings (SSSR count). The van der Waals surface area contributed by atoms with Crippen LogP contribution in [-0.4, -0.2) is 21.4 Å². The fourth-order valence-electron chi connectivity index (χ4n) is 6.92. The van der Waals surface area contributed by atoms with Crippen molar-refractivity contribution in [3.63, 3.8) is 0 Å². The average molecular weight is 407 g/mol. The predicted octanol–water partition coefficient (Wildman–Crippen LogP) is 3.86. The Labute approximate surface area is 177 Å². The second-order valence-electron chi connectivity index (χ2n) is 9.90. The van der Waals surface area contributed by atoms with Crippen molar-refractivity contribution in [3.05, 3.63) is 47.4 Å². The number of nitrogens with zero attached hydrogens (tertiary/aromatic N) is 2. The van der Waals surface area contributed by atoms with Crippen LogP contribution < -0.4 is 10.9 Å². The van der Waals surface area contributed by atoms with Crippen LogP contribution in [-0.2, 0) is 4.79 Å². The Morgan fingerprint density at radius 1 is 1.07 bits per heavy atom. The molecule has 30 heavy (non-hydrogen) atoms. The minimum atomic E-state index is -0.288. The zero-order valence-electron chi connectivity index (χ0n) is 17.8. The summed E-state index contributed by atoms with van der Waals surface area (Å²) in [6, 6.07) is 7.54. The molecular weight excluding hydrogens is 376 g/mol. The quantitative estimate of drug-likeness (QED) is 0.757. The van der Waals surface area contributed by atoms with Gasteiger partial charge in [-0.05, 0) is 93.7 Å². The zero-order valence-corrected chi connectivity index (χ0v) is 17.8. The Kier molecular flexibility index (Phi) is 4.68. The standard InChI is InChI=1S/C24H30N4O2/c1-15-7-20(16(2)28(15)21-5-3-4-6-25-21)23(30)27-26-22(29)14-24-11-17-8-18(12-24)10-19(9-17)13-24/h3-7,17-19H,8-14H2,1-2H3,(H,26,29)(H,27,30). The summed E-state index contributed by atoms with van der Waals surface area (Å²) in [5.74, 6) is 2.87. The van der Waals surface area contributed by atoms with Crippen LogP contribution in [0, 0.1) is 37.0 Å². The Morgan fingerprint density at radius 3 is 2.33 bits per heavy atom. The molecule has 2 aromatic rings. The molecule has 4 aliphatic carbocycles. The van der Waals surface area contributed by atoms with Gasteiger partial charge >= 0.3 is 0 Å². The summed E-state index contributed by atoms with van der Waals surface area (Å²) in [5.41, 5.74) is 7.78. The van der Waals surface area contributed by atoms with E-state index in [9.17, 15) is 9.59 Å². The molecule has 0 atom stereocenters. The maximum absolute atomic E-state index is 12.8. The van der Waals surface area contributed by atoms with E-state index in [4.69, 9.17) is 0 Å². The molecule has 0 aliphatic heterocycles. The highest BCUT2D eigenvalue weighted by Gasteiger charge is 2.51. The van der Waals surface area contributed by atoms with E-state index in [1.54, 1.807) is 6.20 Å². The van der Waals surface area contributed by atoms with Gasteiger partial charge in [-0.25, -0.2) is 4.98 Å². The summed E-state index contributed by atoms with van der Waals surface area (Å²) in [4.78, 5) is 29.9. The monoisotopic (exact) mass is 406 g/mol. The first-order valence-electron chi connectivity index (χ1n) is 11.1. The minimum Gasteiger partial charge on any atom is -0.302 e. The Bertz CT molecular complexity index is 943. The highest BCUT2D eigenvalue weighted by atomic mass is 16.2. The van der Waals surface area contributed by atoms with Gasteiger partial charge in [-0.2, -0.15) is 0 Å². The van der Waals surface area contributed by atoms with Crippen molar-refractivity contribution in [1.29, 1.82) is 0 Å². The van der Waals surface area contributed by atoms with E-state index in [-0.39, 0.29) is 17.2 Å². The smallest absolute Gasteiger partial charge is 0.271 e. The average Bonchev–Trinajstić information content (AvgIpc) is 2.99. The van der Waals surface area contributed by atoms with E-state index in [1.807, 2.05) is 42.7 Å². The van der Waals surface area contributed by atoms with Gasteiger partial charge in [0.25, 0.3) is 5.91 Å². The molecule has 2 N–H and O–H groups in total. The van der Waals surface area contributed by atoms with Gasteiger partial charge in [0.2, 0.25) is 5.91 Å². The maximum atomic E-state index is 12.8. The largest absolute Gasteiger partial charge is 0.302 e. The van der Waals surface area contributed by atoms with E-state index < -0.39 is 0 Å². The molecule has 2 heterocycles. The third-order valence-corrected chi connectivity index (χ3v) is 7.57. The van der Waals surface area contributed by atoms with Gasteiger partial charge < -0.3 is 4.57 Å². The van der Waals surface area contributed by atoms with Crippen LogP contribution in [0.4, 0.5) is 0 Å². The molecule has 6 nitrogen and oxygen atoms in total. The third-order valence-electron chi connectivity index (χ3n) is 7.57. The van der Waals surface area contributed by atoms with Crippen LogP contribution in [0.2, 0.25) is 0 Å². The summed E-state index contributed by atoms with van der Waals surface area (Å²) in [6.45, 7) is 3.85. The lowest BCUT2D eigenvalue weighted by Gasteiger charge is -2.56. The molecule has 2 aromatic heterocycles. The number of carbonyl (C=O) groups is 2. The van der Waals surface area contributed by atoms with E-state index in [2.05, 4.69) is 15.8 Å². The normalized spacial score (nSPS) is 29.1. The maximum Gasteiger partial charge on any atom is 0.271 e. The van der Waals surface area contributed by atoms with Gasteiger partial charge in [-0.3, -0.25) is 20.4 Å². The summed E-state index contributed by atoms with van der Waals surface area (Å²) in [5, 5.41) is 0. The van der Waals surface area contributed by atoms with Crippen LogP contribution >= 0.6 is 0 Å². The van der Waals surface area contributed by atoms with Gasteiger partial charge in [0.05, 0.1) is 5.56 Å². The summed E-state index contributed by atoms with van der Waals surface area (Å²) >= 11 is 0. The number of aryl methyl sites for hydroxylation is 1. The fourth-order valence-corrected chi connectivity index (χ4v) is 6.92. The second kappa shape index (κ2) is 7.25. The number of aromatic nitrogens is 2. The van der Waals surface area contributed by atoms with E-state index in [0.717, 1.165) is 35.0 Å². The van der Waals surface area contributed by atoms with E-state index in [1.165, 1.54) is 38.5 Å². The number of hydrogen-bond donors (Lipinski definition) is 2. The highest BCUT2D eigenvalue weighted by Crippen LogP contribution is 2.61. The van der Waals surface area contributed by atoms with E-state index in [0.29, 0.717) is 12.0 Å². The Balaban J connectivity index is 1.23. The molecule has 0 spiro atoms. The Morgan fingerprint density at radius 2 is 1.73 bits per heavy atom. The van der Waals surface area contributed by atoms with Crippen LogP contribution in [0.25, 0.3) is 5.82 Å². The number of amides is 2. The predicted molar refractivity (Wildman–Crippen MR) is 114 cm³/mol. The van der Waals surface area contributed by atoms with E-state index >= 15 is 0 Å². The lowest BCUT2D eigenvalue weighted by molar-refractivity contribution is -0.130. The molecule has 0 aromatic carbocycles. The molecule has 4 fully saturated rings. The van der Waals surface area contributed by atoms with Crippen molar-refractivity contribution < 1.29 is 9.59 Å².